The average molecular weight is 323 g/mol. The largest absolute Gasteiger partial charge is 0.459 e. The van der Waals surface area contributed by atoms with E-state index in [1.807, 2.05) is 0 Å². The van der Waals surface area contributed by atoms with Crippen LogP contribution in [0.1, 0.15) is 21.7 Å². The van der Waals surface area contributed by atoms with Crippen LogP contribution in [0, 0.1) is 0 Å². The summed E-state index contributed by atoms with van der Waals surface area (Å²) in [6, 6.07) is 3.26. The molecular formula is C13H7F6NO2. The quantitative estimate of drug-likeness (QED) is 0.823. The third-order valence-electron chi connectivity index (χ3n) is 2.65. The molecule has 2 aromatic rings. The van der Waals surface area contributed by atoms with Crippen LogP contribution in [0.5, 0.6) is 0 Å². The van der Waals surface area contributed by atoms with E-state index in [1.54, 1.807) is 5.32 Å². The molecular weight excluding hydrogens is 316 g/mol. The van der Waals surface area contributed by atoms with Gasteiger partial charge in [-0.05, 0) is 30.3 Å². The van der Waals surface area contributed by atoms with Gasteiger partial charge in [0.05, 0.1) is 23.1 Å². The van der Waals surface area contributed by atoms with Gasteiger partial charge in [0.25, 0.3) is 5.91 Å². The van der Waals surface area contributed by atoms with Gasteiger partial charge in [-0.25, -0.2) is 0 Å². The molecule has 1 heterocycles. The second kappa shape index (κ2) is 5.39. The van der Waals surface area contributed by atoms with Crippen LogP contribution in [0.3, 0.4) is 0 Å². The molecule has 0 saturated carbocycles. The van der Waals surface area contributed by atoms with E-state index in [-0.39, 0.29) is 17.9 Å². The Morgan fingerprint density at radius 1 is 1.00 bits per heavy atom. The van der Waals surface area contributed by atoms with Crippen molar-refractivity contribution in [3.63, 3.8) is 0 Å². The van der Waals surface area contributed by atoms with Crippen molar-refractivity contribution in [2.24, 2.45) is 0 Å². The third-order valence-corrected chi connectivity index (χ3v) is 2.65. The second-order valence-electron chi connectivity index (χ2n) is 4.19. The molecule has 1 aromatic carbocycles. The lowest BCUT2D eigenvalue weighted by Gasteiger charge is -2.16. The molecule has 1 N–H and O–H groups in total. The summed E-state index contributed by atoms with van der Waals surface area (Å²) in [6.07, 6.45) is -8.66. The van der Waals surface area contributed by atoms with Gasteiger partial charge in [0.15, 0.2) is 5.76 Å². The summed E-state index contributed by atoms with van der Waals surface area (Å²) in [4.78, 5) is 11.7. The first kappa shape index (κ1) is 15.9. The fourth-order valence-electron chi connectivity index (χ4n) is 1.66. The Balaban J connectivity index is 2.44. The molecule has 1 amide bonds. The van der Waals surface area contributed by atoms with Gasteiger partial charge in [0.2, 0.25) is 0 Å². The Morgan fingerprint density at radius 3 is 2.18 bits per heavy atom. The number of carbonyl (C=O) groups is 1. The summed E-state index contributed by atoms with van der Waals surface area (Å²) < 4.78 is 80.9. The molecule has 0 atom stereocenters. The molecule has 22 heavy (non-hydrogen) atoms. The van der Waals surface area contributed by atoms with Gasteiger partial charge in [0, 0.05) is 0 Å². The predicted molar refractivity (Wildman–Crippen MR) is 63.1 cm³/mol. The van der Waals surface area contributed by atoms with Gasteiger partial charge < -0.3 is 9.73 Å². The van der Waals surface area contributed by atoms with Crippen LogP contribution in [0.4, 0.5) is 32.0 Å². The highest BCUT2D eigenvalue weighted by molar-refractivity contribution is 6.02. The number of anilines is 1. The molecule has 0 radical (unpaired) electrons. The summed E-state index contributed by atoms with van der Waals surface area (Å²) in [5.74, 6) is -1.42. The number of carbonyl (C=O) groups excluding carboxylic acids is 1. The van der Waals surface area contributed by atoms with Crippen molar-refractivity contribution >= 4 is 11.6 Å². The topological polar surface area (TPSA) is 42.2 Å². The van der Waals surface area contributed by atoms with Crippen molar-refractivity contribution in [3.8, 4) is 0 Å². The monoisotopic (exact) mass is 323 g/mol. The Hall–Kier alpha value is -2.45. The highest BCUT2D eigenvalue weighted by Gasteiger charge is 2.37. The minimum atomic E-state index is -4.92. The number of nitrogens with one attached hydrogen (secondary N) is 1. The van der Waals surface area contributed by atoms with Crippen molar-refractivity contribution < 1.29 is 35.6 Å². The summed E-state index contributed by atoms with van der Waals surface area (Å²) >= 11 is 0. The molecule has 118 valence electrons. The highest BCUT2D eigenvalue weighted by Crippen LogP contribution is 2.39. The number of furan rings is 1. The fraction of sp³-hybridized carbons (Fsp3) is 0.154. The predicted octanol–water partition coefficient (Wildman–Crippen LogP) is 4.57. The van der Waals surface area contributed by atoms with Gasteiger partial charge in [-0.2, -0.15) is 26.3 Å². The van der Waals surface area contributed by atoms with E-state index in [9.17, 15) is 31.1 Å². The second-order valence-corrected chi connectivity index (χ2v) is 4.19. The van der Waals surface area contributed by atoms with Crippen LogP contribution in [-0.2, 0) is 12.4 Å². The van der Waals surface area contributed by atoms with E-state index in [0.717, 1.165) is 12.3 Å². The van der Waals surface area contributed by atoms with E-state index >= 15 is 0 Å². The van der Waals surface area contributed by atoms with Gasteiger partial charge >= 0.3 is 12.4 Å². The zero-order valence-electron chi connectivity index (χ0n) is 10.5. The van der Waals surface area contributed by atoms with Crippen LogP contribution in [-0.4, -0.2) is 5.91 Å². The minimum Gasteiger partial charge on any atom is -0.459 e. The van der Waals surface area contributed by atoms with Gasteiger partial charge in [0.1, 0.15) is 0 Å². The SMILES string of the molecule is O=C(Nc1cc(C(F)(F)F)ccc1C(F)(F)F)c1ccco1. The van der Waals surface area contributed by atoms with Gasteiger partial charge in [-0.3, -0.25) is 4.79 Å². The Labute approximate surface area is 119 Å². The first-order chi connectivity index (χ1) is 10.1. The Kier molecular flexibility index (Phi) is 3.90. The minimum absolute atomic E-state index is 0.226. The molecule has 0 unspecified atom stereocenters. The number of rotatable bonds is 2. The van der Waals surface area contributed by atoms with E-state index in [2.05, 4.69) is 4.42 Å². The molecule has 0 fully saturated rings. The van der Waals surface area contributed by atoms with Gasteiger partial charge in [-0.15, -0.1) is 0 Å². The first-order valence-electron chi connectivity index (χ1n) is 5.72. The van der Waals surface area contributed by atoms with Crippen LogP contribution in [0.25, 0.3) is 0 Å². The molecule has 0 aliphatic carbocycles. The van der Waals surface area contributed by atoms with Crippen molar-refractivity contribution in [2.75, 3.05) is 5.32 Å². The zero-order chi connectivity index (χ0) is 16.5. The van der Waals surface area contributed by atoms with Crippen molar-refractivity contribution in [1.29, 1.82) is 0 Å². The van der Waals surface area contributed by atoms with Crippen molar-refractivity contribution in [1.82, 2.24) is 0 Å². The van der Waals surface area contributed by atoms with E-state index in [0.29, 0.717) is 6.07 Å². The maximum Gasteiger partial charge on any atom is 0.418 e. The average Bonchev–Trinajstić information content (AvgIpc) is 2.90. The van der Waals surface area contributed by atoms with Crippen LogP contribution >= 0.6 is 0 Å². The lowest BCUT2D eigenvalue weighted by molar-refractivity contribution is -0.140. The van der Waals surface area contributed by atoms with Crippen LogP contribution < -0.4 is 5.32 Å². The number of benzene rings is 1. The Morgan fingerprint density at radius 2 is 1.68 bits per heavy atom. The van der Waals surface area contributed by atoms with Gasteiger partial charge in [-0.1, -0.05) is 0 Å². The Bertz CT molecular complexity index is 673. The fourth-order valence-corrected chi connectivity index (χ4v) is 1.66. The lowest BCUT2D eigenvalue weighted by atomic mass is 10.1. The van der Waals surface area contributed by atoms with Crippen molar-refractivity contribution in [2.45, 2.75) is 12.4 Å². The molecule has 3 nitrogen and oxygen atoms in total. The third kappa shape index (κ3) is 3.41. The molecule has 9 heteroatoms. The van der Waals surface area contributed by atoms with Crippen molar-refractivity contribution in [3.05, 3.63) is 53.5 Å². The summed E-state index contributed by atoms with van der Waals surface area (Å²) in [5.41, 5.74) is -3.70. The van der Waals surface area contributed by atoms with E-state index in [4.69, 9.17) is 0 Å². The maximum absolute atomic E-state index is 12.8. The van der Waals surface area contributed by atoms with Crippen LogP contribution in [0.2, 0.25) is 0 Å². The zero-order valence-corrected chi connectivity index (χ0v) is 10.5. The molecule has 0 bridgehead atoms. The number of alkyl halides is 6. The summed E-state index contributed by atoms with van der Waals surface area (Å²) in [6.45, 7) is 0. The molecule has 2 rings (SSSR count). The number of hydrogen-bond acceptors (Lipinski definition) is 2. The standard InChI is InChI=1S/C13H7F6NO2/c14-12(15,16)7-3-4-8(13(17,18)19)9(6-7)20-11(21)10-2-1-5-22-10/h1-6H,(H,20,21). The smallest absolute Gasteiger partial charge is 0.418 e. The number of halogens is 6. The molecule has 0 aliphatic heterocycles. The summed E-state index contributed by atoms with van der Waals surface area (Å²) in [7, 11) is 0. The van der Waals surface area contributed by atoms with Crippen LogP contribution in [0.15, 0.2) is 41.0 Å². The molecule has 0 aliphatic rings. The number of hydrogen-bond donors (Lipinski definition) is 1. The normalized spacial score (nSPS) is 12.3. The number of amides is 1. The lowest BCUT2D eigenvalue weighted by Crippen LogP contribution is -2.17. The molecule has 1 aromatic heterocycles. The highest BCUT2D eigenvalue weighted by atomic mass is 19.4. The van der Waals surface area contributed by atoms with E-state index < -0.39 is 35.1 Å². The first-order valence-corrected chi connectivity index (χ1v) is 5.72. The summed E-state index contributed by atoms with van der Waals surface area (Å²) in [5, 5.41) is 1.78. The molecule has 0 spiro atoms. The maximum atomic E-state index is 12.8. The van der Waals surface area contributed by atoms with E-state index in [1.165, 1.54) is 6.07 Å². The molecule has 0 saturated heterocycles.